The van der Waals surface area contributed by atoms with Crippen molar-refractivity contribution in [3.05, 3.63) is 0 Å². The van der Waals surface area contributed by atoms with Crippen molar-refractivity contribution in [2.24, 2.45) is 0 Å². The quantitative estimate of drug-likeness (QED) is 0.782. The lowest BCUT2D eigenvalue weighted by molar-refractivity contribution is 0.243. The molecule has 0 spiro atoms. The van der Waals surface area contributed by atoms with Crippen LogP contribution in [-0.2, 0) is 10.0 Å². The molecule has 0 aromatic carbocycles. The van der Waals surface area contributed by atoms with Gasteiger partial charge in [-0.05, 0) is 45.0 Å². The second-order valence-electron chi connectivity index (χ2n) is 5.10. The van der Waals surface area contributed by atoms with Crippen molar-refractivity contribution in [1.29, 1.82) is 0 Å². The monoisotopic (exact) mass is 292 g/mol. The molecule has 2 aliphatic heterocycles. The summed E-state index contributed by atoms with van der Waals surface area (Å²) < 4.78 is 26.2. The van der Waals surface area contributed by atoms with Gasteiger partial charge in [-0.25, -0.2) is 8.42 Å². The highest BCUT2D eigenvalue weighted by Gasteiger charge is 2.31. The molecule has 0 aromatic rings. The maximum absolute atomic E-state index is 12.2. The average molecular weight is 292 g/mol. The first-order chi connectivity index (χ1) is 8.63. The van der Waals surface area contributed by atoms with Crippen LogP contribution in [0.15, 0.2) is 0 Å². The van der Waals surface area contributed by atoms with E-state index in [1.807, 2.05) is 11.8 Å². The Hall–Kier alpha value is 0.220. The molecular formula is C12H24N2O2S2. The van der Waals surface area contributed by atoms with E-state index in [9.17, 15) is 8.42 Å². The topological polar surface area (TPSA) is 40.6 Å². The van der Waals surface area contributed by atoms with Crippen LogP contribution in [0.4, 0.5) is 0 Å². The van der Waals surface area contributed by atoms with E-state index in [2.05, 4.69) is 4.90 Å². The van der Waals surface area contributed by atoms with Crippen LogP contribution in [0.25, 0.3) is 0 Å². The number of nitrogens with zero attached hydrogens (tertiary/aromatic N) is 2. The summed E-state index contributed by atoms with van der Waals surface area (Å²) >= 11 is 1.90. The van der Waals surface area contributed by atoms with Gasteiger partial charge in [-0.3, -0.25) is 0 Å². The zero-order valence-corrected chi connectivity index (χ0v) is 12.8. The predicted octanol–water partition coefficient (Wildman–Crippen LogP) is 1.24. The number of likely N-dealkylation sites (tertiary alicyclic amines) is 1. The molecule has 0 aliphatic carbocycles. The predicted molar refractivity (Wildman–Crippen MR) is 77.6 cm³/mol. The lowest BCUT2D eigenvalue weighted by Crippen LogP contribution is -2.48. The fourth-order valence-corrected chi connectivity index (χ4v) is 5.23. The van der Waals surface area contributed by atoms with E-state index in [1.165, 1.54) is 12.8 Å². The van der Waals surface area contributed by atoms with E-state index in [0.29, 0.717) is 6.54 Å². The molecule has 0 amide bonds. The first-order valence-electron chi connectivity index (χ1n) is 6.93. The fraction of sp³-hybridized carbons (Fsp3) is 1.00. The Morgan fingerprint density at radius 3 is 2.56 bits per heavy atom. The smallest absolute Gasteiger partial charge is 0.214 e. The van der Waals surface area contributed by atoms with Crippen LogP contribution >= 0.6 is 11.8 Å². The van der Waals surface area contributed by atoms with Crippen molar-refractivity contribution in [2.75, 3.05) is 43.4 Å². The molecule has 0 saturated carbocycles. The summed E-state index contributed by atoms with van der Waals surface area (Å²) in [7, 11) is -3.04. The molecule has 0 N–H and O–H groups in total. The Balaban J connectivity index is 2.06. The maximum atomic E-state index is 12.2. The summed E-state index contributed by atoms with van der Waals surface area (Å²) in [4.78, 5) is 2.43. The molecule has 106 valence electrons. The minimum absolute atomic E-state index is 0.181. The Kier molecular flexibility index (Phi) is 5.35. The van der Waals surface area contributed by atoms with Crippen molar-refractivity contribution in [3.63, 3.8) is 0 Å². The van der Waals surface area contributed by atoms with Crippen LogP contribution in [0.1, 0.15) is 26.2 Å². The zero-order valence-electron chi connectivity index (χ0n) is 11.2. The Labute approximate surface area is 115 Å². The van der Waals surface area contributed by atoms with Gasteiger partial charge in [-0.1, -0.05) is 0 Å². The molecule has 2 fully saturated rings. The number of thioether (sulfide) groups is 1. The lowest BCUT2D eigenvalue weighted by Gasteiger charge is -2.31. The van der Waals surface area contributed by atoms with Crippen molar-refractivity contribution >= 4 is 21.8 Å². The van der Waals surface area contributed by atoms with Crippen molar-refractivity contribution in [2.45, 2.75) is 32.2 Å². The molecule has 0 aromatic heterocycles. The van der Waals surface area contributed by atoms with Gasteiger partial charge in [-0.2, -0.15) is 16.1 Å². The summed E-state index contributed by atoms with van der Waals surface area (Å²) in [5.41, 5.74) is 0. The van der Waals surface area contributed by atoms with Gasteiger partial charge in [0.15, 0.2) is 0 Å². The van der Waals surface area contributed by atoms with E-state index in [1.54, 1.807) is 11.2 Å². The minimum Gasteiger partial charge on any atom is -0.302 e. The van der Waals surface area contributed by atoms with Crippen molar-refractivity contribution in [3.8, 4) is 0 Å². The zero-order chi connectivity index (χ0) is 13.0. The molecule has 2 rings (SSSR count). The molecule has 2 heterocycles. The molecule has 0 bridgehead atoms. The molecule has 1 unspecified atom stereocenters. The van der Waals surface area contributed by atoms with E-state index in [4.69, 9.17) is 0 Å². The first-order valence-corrected chi connectivity index (χ1v) is 9.69. The SMILES string of the molecule is CCS(=O)(=O)N1CCCSCC1CN1CCCC1. The van der Waals surface area contributed by atoms with Crippen LogP contribution < -0.4 is 0 Å². The van der Waals surface area contributed by atoms with Gasteiger partial charge >= 0.3 is 0 Å². The second kappa shape index (κ2) is 6.59. The molecule has 4 nitrogen and oxygen atoms in total. The third-order valence-electron chi connectivity index (χ3n) is 3.77. The highest BCUT2D eigenvalue weighted by Crippen LogP contribution is 2.21. The molecule has 2 saturated heterocycles. The molecule has 6 heteroatoms. The third kappa shape index (κ3) is 3.62. The van der Waals surface area contributed by atoms with Gasteiger partial charge in [0.1, 0.15) is 0 Å². The number of hydrogen-bond donors (Lipinski definition) is 0. The fourth-order valence-electron chi connectivity index (χ4n) is 2.75. The lowest BCUT2D eigenvalue weighted by atomic mass is 10.3. The van der Waals surface area contributed by atoms with Crippen molar-refractivity contribution < 1.29 is 8.42 Å². The van der Waals surface area contributed by atoms with Crippen LogP contribution in [0.5, 0.6) is 0 Å². The highest BCUT2D eigenvalue weighted by atomic mass is 32.2. The number of hydrogen-bond acceptors (Lipinski definition) is 4. The van der Waals surface area contributed by atoms with Crippen molar-refractivity contribution in [1.82, 2.24) is 9.21 Å². The summed E-state index contributed by atoms with van der Waals surface area (Å²) in [5.74, 6) is 2.27. The normalized spacial score (nSPS) is 28.4. The Bertz CT molecular complexity index is 353. The third-order valence-corrected chi connectivity index (χ3v) is 6.90. The largest absolute Gasteiger partial charge is 0.302 e. The Morgan fingerprint density at radius 1 is 1.17 bits per heavy atom. The molecular weight excluding hydrogens is 268 g/mol. The first kappa shape index (κ1) is 14.6. The van der Waals surface area contributed by atoms with Crippen LogP contribution in [0.2, 0.25) is 0 Å². The number of rotatable bonds is 4. The maximum Gasteiger partial charge on any atom is 0.214 e. The molecule has 1 atom stereocenters. The number of sulfonamides is 1. The highest BCUT2D eigenvalue weighted by molar-refractivity contribution is 7.99. The summed E-state index contributed by atoms with van der Waals surface area (Å²) in [6, 6.07) is 0.181. The van der Waals surface area contributed by atoms with Gasteiger partial charge in [0.05, 0.1) is 5.75 Å². The summed E-state index contributed by atoms with van der Waals surface area (Å²) in [6.07, 6.45) is 3.52. The molecule has 2 aliphatic rings. The van der Waals surface area contributed by atoms with Gasteiger partial charge in [-0.15, -0.1) is 0 Å². The van der Waals surface area contributed by atoms with Gasteiger partial charge in [0, 0.05) is 24.9 Å². The Morgan fingerprint density at radius 2 is 1.89 bits per heavy atom. The van der Waals surface area contributed by atoms with Gasteiger partial charge in [0.2, 0.25) is 10.0 Å². The van der Waals surface area contributed by atoms with E-state index in [0.717, 1.165) is 37.6 Å². The van der Waals surface area contributed by atoms with E-state index in [-0.39, 0.29) is 11.8 Å². The van der Waals surface area contributed by atoms with Crippen LogP contribution in [0.3, 0.4) is 0 Å². The standard InChI is InChI=1S/C12H24N2O2S2/c1-2-18(15,16)14-8-5-9-17-11-12(14)10-13-6-3-4-7-13/h12H,2-11H2,1H3. The van der Waals surface area contributed by atoms with Gasteiger partial charge < -0.3 is 4.90 Å². The van der Waals surface area contributed by atoms with E-state index < -0.39 is 10.0 Å². The van der Waals surface area contributed by atoms with Gasteiger partial charge in [0.25, 0.3) is 0 Å². The summed E-state index contributed by atoms with van der Waals surface area (Å²) in [6.45, 7) is 5.66. The van der Waals surface area contributed by atoms with E-state index >= 15 is 0 Å². The van der Waals surface area contributed by atoms with Crippen LogP contribution in [0, 0.1) is 0 Å². The second-order valence-corrected chi connectivity index (χ2v) is 8.46. The summed E-state index contributed by atoms with van der Waals surface area (Å²) in [5, 5.41) is 0. The average Bonchev–Trinajstić information content (AvgIpc) is 2.74. The molecule has 0 radical (unpaired) electrons. The van der Waals surface area contributed by atoms with Crippen LogP contribution in [-0.4, -0.2) is 67.1 Å². The minimum atomic E-state index is -3.04. The molecule has 18 heavy (non-hydrogen) atoms.